The molecule has 0 saturated carbocycles. The zero-order valence-electron chi connectivity index (χ0n) is 10.1. The van der Waals surface area contributed by atoms with Crippen molar-refractivity contribution < 1.29 is 9.53 Å². The first-order valence-electron chi connectivity index (χ1n) is 5.97. The number of aromatic nitrogens is 1. The van der Waals surface area contributed by atoms with Crippen LogP contribution in [-0.2, 0) is 11.3 Å². The van der Waals surface area contributed by atoms with Crippen molar-refractivity contribution in [1.82, 2.24) is 10.3 Å². The smallest absolute Gasteiger partial charge is 0.263 e. The van der Waals surface area contributed by atoms with Crippen LogP contribution in [-0.4, -0.2) is 23.5 Å². The molecule has 6 heteroatoms. The summed E-state index contributed by atoms with van der Waals surface area (Å²) >= 11 is 1.51. The quantitative estimate of drug-likeness (QED) is 0.893. The van der Waals surface area contributed by atoms with Crippen molar-refractivity contribution in [1.29, 1.82) is 0 Å². The lowest BCUT2D eigenvalue weighted by Gasteiger charge is -2.26. The molecule has 19 heavy (non-hydrogen) atoms. The van der Waals surface area contributed by atoms with Gasteiger partial charge in [-0.3, -0.25) is 4.79 Å². The number of hydrogen-bond acceptors (Lipinski definition) is 5. The van der Waals surface area contributed by atoms with Crippen LogP contribution in [0.5, 0.6) is 5.75 Å². The Kier molecular flexibility index (Phi) is 3.33. The number of ether oxygens (including phenoxy) is 1. The predicted octanol–water partition coefficient (Wildman–Crippen LogP) is 1.63. The van der Waals surface area contributed by atoms with Gasteiger partial charge in [-0.2, -0.15) is 0 Å². The van der Waals surface area contributed by atoms with E-state index in [0.29, 0.717) is 18.8 Å². The molecule has 1 unspecified atom stereocenters. The van der Waals surface area contributed by atoms with E-state index in [4.69, 9.17) is 4.74 Å². The molecule has 0 fully saturated rings. The predicted molar refractivity (Wildman–Crippen MR) is 73.3 cm³/mol. The number of para-hydroxylation sites is 2. The minimum absolute atomic E-state index is 0.130. The number of benzene rings is 1. The first kappa shape index (κ1) is 12.0. The van der Waals surface area contributed by atoms with Gasteiger partial charge in [-0.05, 0) is 12.1 Å². The van der Waals surface area contributed by atoms with Crippen molar-refractivity contribution in [2.24, 2.45) is 0 Å². The van der Waals surface area contributed by atoms with Gasteiger partial charge in [0.1, 0.15) is 5.75 Å². The van der Waals surface area contributed by atoms with Crippen LogP contribution in [0.4, 0.5) is 5.69 Å². The minimum Gasteiger partial charge on any atom is -0.477 e. The summed E-state index contributed by atoms with van der Waals surface area (Å²) in [6.07, 6.45) is -0.506. The molecule has 98 valence electrons. The summed E-state index contributed by atoms with van der Waals surface area (Å²) in [6, 6.07) is 7.59. The third kappa shape index (κ3) is 2.68. The Morgan fingerprint density at radius 3 is 3.26 bits per heavy atom. The van der Waals surface area contributed by atoms with Crippen LogP contribution in [0.1, 0.15) is 5.69 Å². The van der Waals surface area contributed by atoms with Gasteiger partial charge in [-0.15, -0.1) is 11.3 Å². The van der Waals surface area contributed by atoms with E-state index in [1.54, 1.807) is 5.51 Å². The number of carbonyl (C=O) groups excluding carboxylic acids is 1. The Morgan fingerprint density at radius 2 is 2.42 bits per heavy atom. The molecule has 0 saturated heterocycles. The lowest BCUT2D eigenvalue weighted by Crippen LogP contribution is -2.44. The van der Waals surface area contributed by atoms with Gasteiger partial charge in [0.05, 0.1) is 30.0 Å². The van der Waals surface area contributed by atoms with E-state index in [-0.39, 0.29) is 5.91 Å². The molecular weight excluding hydrogens is 262 g/mol. The second kappa shape index (κ2) is 5.27. The van der Waals surface area contributed by atoms with Gasteiger partial charge in [-0.25, -0.2) is 4.98 Å². The number of thiazole rings is 1. The van der Waals surface area contributed by atoms with Crippen LogP contribution in [0.3, 0.4) is 0 Å². The summed E-state index contributed by atoms with van der Waals surface area (Å²) in [5.41, 5.74) is 3.53. The van der Waals surface area contributed by atoms with Crippen molar-refractivity contribution in [2.45, 2.75) is 12.6 Å². The summed E-state index contributed by atoms with van der Waals surface area (Å²) in [4.78, 5) is 16.1. The zero-order chi connectivity index (χ0) is 13.1. The molecule has 1 atom stereocenters. The van der Waals surface area contributed by atoms with Crippen molar-refractivity contribution >= 4 is 22.9 Å². The highest BCUT2D eigenvalue weighted by molar-refractivity contribution is 7.07. The molecule has 2 aromatic rings. The number of hydrogen-bond donors (Lipinski definition) is 2. The van der Waals surface area contributed by atoms with Crippen LogP contribution >= 0.6 is 11.3 Å². The van der Waals surface area contributed by atoms with Gasteiger partial charge in [0.15, 0.2) is 6.10 Å². The molecule has 1 amide bonds. The SMILES string of the molecule is O=C(NCc1cscn1)C1CNc2ccccc2O1. The molecule has 1 aliphatic rings. The Balaban J connectivity index is 1.60. The lowest BCUT2D eigenvalue weighted by molar-refractivity contribution is -0.127. The zero-order valence-corrected chi connectivity index (χ0v) is 10.9. The molecule has 0 aliphatic carbocycles. The number of nitrogens with zero attached hydrogens (tertiary/aromatic N) is 1. The highest BCUT2D eigenvalue weighted by Crippen LogP contribution is 2.28. The molecular formula is C13H13N3O2S. The van der Waals surface area contributed by atoms with E-state index in [0.717, 1.165) is 11.4 Å². The third-order valence-corrected chi connectivity index (χ3v) is 3.49. The monoisotopic (exact) mass is 275 g/mol. The fourth-order valence-corrected chi connectivity index (χ4v) is 2.43. The van der Waals surface area contributed by atoms with Crippen LogP contribution < -0.4 is 15.4 Å². The minimum atomic E-state index is -0.506. The molecule has 0 radical (unpaired) electrons. The fraction of sp³-hybridized carbons (Fsp3) is 0.231. The number of nitrogens with one attached hydrogen (secondary N) is 2. The normalized spacial score (nSPS) is 16.9. The molecule has 1 aromatic carbocycles. The Hall–Kier alpha value is -2.08. The maximum absolute atomic E-state index is 12.0. The average molecular weight is 275 g/mol. The summed E-state index contributed by atoms with van der Waals surface area (Å²) in [6.45, 7) is 0.907. The summed E-state index contributed by atoms with van der Waals surface area (Å²) in [5.74, 6) is 0.581. The Labute approximate surface area is 114 Å². The van der Waals surface area contributed by atoms with Crippen molar-refractivity contribution in [2.75, 3.05) is 11.9 Å². The second-order valence-electron chi connectivity index (χ2n) is 4.18. The molecule has 2 N–H and O–H groups in total. The highest BCUT2D eigenvalue weighted by Gasteiger charge is 2.25. The summed E-state index contributed by atoms with van der Waals surface area (Å²) in [5, 5.41) is 7.93. The molecule has 0 bridgehead atoms. The van der Waals surface area contributed by atoms with Crippen molar-refractivity contribution in [3.8, 4) is 5.75 Å². The number of amides is 1. The molecule has 2 heterocycles. The number of carbonyl (C=O) groups is 1. The summed E-state index contributed by atoms with van der Waals surface area (Å²) < 4.78 is 5.67. The highest BCUT2D eigenvalue weighted by atomic mass is 32.1. The fourth-order valence-electron chi connectivity index (χ4n) is 1.88. The standard InChI is InChI=1S/C13H13N3O2S/c17-13(15-5-9-7-19-8-16-9)12-6-14-10-3-1-2-4-11(10)18-12/h1-4,7-8,12,14H,5-6H2,(H,15,17). The largest absolute Gasteiger partial charge is 0.477 e. The van der Waals surface area contributed by atoms with Crippen molar-refractivity contribution in [3.63, 3.8) is 0 Å². The van der Waals surface area contributed by atoms with Gasteiger partial charge in [0.25, 0.3) is 5.91 Å². The van der Waals surface area contributed by atoms with Gasteiger partial charge >= 0.3 is 0 Å². The number of fused-ring (bicyclic) bond motifs is 1. The maximum Gasteiger partial charge on any atom is 0.263 e. The molecule has 1 aromatic heterocycles. The third-order valence-electron chi connectivity index (χ3n) is 2.85. The van der Waals surface area contributed by atoms with Crippen LogP contribution in [0.2, 0.25) is 0 Å². The first-order chi connectivity index (χ1) is 9.33. The topological polar surface area (TPSA) is 63.2 Å². The maximum atomic E-state index is 12.0. The van der Waals surface area contributed by atoms with E-state index in [2.05, 4.69) is 15.6 Å². The van der Waals surface area contributed by atoms with Gasteiger partial charge < -0.3 is 15.4 Å². The summed E-state index contributed by atoms with van der Waals surface area (Å²) in [7, 11) is 0. The molecule has 3 rings (SSSR count). The molecule has 1 aliphatic heterocycles. The van der Waals surface area contributed by atoms with Gasteiger partial charge in [0, 0.05) is 5.38 Å². The average Bonchev–Trinajstić information content (AvgIpc) is 2.97. The van der Waals surface area contributed by atoms with E-state index >= 15 is 0 Å². The van der Waals surface area contributed by atoms with E-state index < -0.39 is 6.10 Å². The number of anilines is 1. The van der Waals surface area contributed by atoms with Gasteiger partial charge in [0.2, 0.25) is 0 Å². The van der Waals surface area contributed by atoms with Crippen LogP contribution in [0, 0.1) is 0 Å². The van der Waals surface area contributed by atoms with Gasteiger partial charge in [-0.1, -0.05) is 12.1 Å². The van der Waals surface area contributed by atoms with Crippen LogP contribution in [0.25, 0.3) is 0 Å². The second-order valence-corrected chi connectivity index (χ2v) is 4.90. The van der Waals surface area contributed by atoms with E-state index in [9.17, 15) is 4.79 Å². The van der Waals surface area contributed by atoms with Crippen molar-refractivity contribution in [3.05, 3.63) is 40.8 Å². The Bertz CT molecular complexity index is 571. The lowest BCUT2D eigenvalue weighted by atomic mass is 10.2. The van der Waals surface area contributed by atoms with Crippen LogP contribution in [0.15, 0.2) is 35.2 Å². The van der Waals surface area contributed by atoms with E-state index in [1.165, 1.54) is 11.3 Å². The Morgan fingerprint density at radius 1 is 1.53 bits per heavy atom. The first-order valence-corrected chi connectivity index (χ1v) is 6.91. The number of rotatable bonds is 3. The van der Waals surface area contributed by atoms with E-state index in [1.807, 2.05) is 29.6 Å². The molecule has 5 nitrogen and oxygen atoms in total. The molecule has 0 spiro atoms.